The number of likely N-dealkylation sites (N-methyl/N-ethyl adjacent to an activating group) is 1. The molecular formula is C18H19NO4S2. The number of nitrogens with zero attached hydrogens (tertiary/aromatic N) is 1. The predicted molar refractivity (Wildman–Crippen MR) is 94.8 cm³/mol. The van der Waals surface area contributed by atoms with Crippen LogP contribution in [0.25, 0.3) is 0 Å². The number of hydrogen-bond acceptors (Lipinski definition) is 7. The quantitative estimate of drug-likeness (QED) is 0.654. The molecule has 132 valence electrons. The summed E-state index contributed by atoms with van der Waals surface area (Å²) in [4.78, 5) is 16.6. The van der Waals surface area contributed by atoms with Gasteiger partial charge in [-0.15, -0.1) is 22.7 Å². The van der Waals surface area contributed by atoms with Crippen LogP contribution >= 0.6 is 22.7 Å². The van der Waals surface area contributed by atoms with Crippen LogP contribution in [0, 0.1) is 0 Å². The number of morpholine rings is 1. The molecule has 0 spiro atoms. The average Bonchev–Trinajstić information content (AvgIpc) is 2.97. The molecular weight excluding hydrogens is 358 g/mol. The summed E-state index contributed by atoms with van der Waals surface area (Å²) in [7, 11) is 2.12. The number of esters is 1. The summed E-state index contributed by atoms with van der Waals surface area (Å²) in [5.74, 6) is -0.569. The second-order valence-electron chi connectivity index (χ2n) is 7.03. The lowest BCUT2D eigenvalue weighted by Gasteiger charge is -2.38. The van der Waals surface area contributed by atoms with E-state index in [0.717, 1.165) is 12.8 Å². The van der Waals surface area contributed by atoms with Crippen LogP contribution in [-0.4, -0.2) is 53.4 Å². The van der Waals surface area contributed by atoms with Gasteiger partial charge in [0.15, 0.2) is 0 Å². The van der Waals surface area contributed by atoms with Gasteiger partial charge in [-0.25, -0.2) is 4.79 Å². The van der Waals surface area contributed by atoms with E-state index in [1.54, 1.807) is 12.1 Å². The van der Waals surface area contributed by atoms with Crippen molar-refractivity contribution >= 4 is 28.6 Å². The molecule has 3 aliphatic heterocycles. The minimum Gasteiger partial charge on any atom is -0.460 e. The Morgan fingerprint density at radius 1 is 1.20 bits per heavy atom. The standard InChI is InChI=1S/C18H19NO4S2/c1-19-11-8-10(9-12(19)16-15(11)23-16)22-17(20)18(21,13-4-2-6-24-13)14-5-3-7-25-14/h2-7,10-12,15-16,21H,8-9H2,1H3/t10?,11-,12+,15-,16+. The highest BCUT2D eigenvalue weighted by molar-refractivity contribution is 7.12. The van der Waals surface area contributed by atoms with E-state index < -0.39 is 11.6 Å². The molecule has 5 nitrogen and oxygen atoms in total. The highest BCUT2D eigenvalue weighted by atomic mass is 32.1. The minimum atomic E-state index is -1.72. The molecule has 0 aromatic carbocycles. The van der Waals surface area contributed by atoms with Crippen LogP contribution < -0.4 is 0 Å². The van der Waals surface area contributed by atoms with Gasteiger partial charge in [0.1, 0.15) is 18.3 Å². The van der Waals surface area contributed by atoms with E-state index in [-0.39, 0.29) is 6.10 Å². The molecule has 3 fully saturated rings. The summed E-state index contributed by atoms with van der Waals surface area (Å²) in [6.07, 6.45) is 1.97. The molecule has 0 radical (unpaired) electrons. The number of piperidine rings is 1. The van der Waals surface area contributed by atoms with Crippen molar-refractivity contribution in [3.05, 3.63) is 44.8 Å². The molecule has 3 saturated heterocycles. The number of aliphatic hydroxyl groups is 1. The van der Waals surface area contributed by atoms with Gasteiger partial charge in [0.2, 0.25) is 5.60 Å². The SMILES string of the molecule is CN1[C@@H]2CC(OC(=O)C(O)(c3cccs3)c3cccs3)C[C@H]1[C@@H]1O[C@@H]12. The molecule has 2 aromatic heterocycles. The van der Waals surface area contributed by atoms with Gasteiger partial charge in [-0.3, -0.25) is 4.90 Å². The average molecular weight is 377 g/mol. The second-order valence-corrected chi connectivity index (χ2v) is 8.92. The van der Waals surface area contributed by atoms with Crippen LogP contribution in [0.15, 0.2) is 35.0 Å². The van der Waals surface area contributed by atoms with Crippen molar-refractivity contribution in [2.45, 2.75) is 48.8 Å². The Morgan fingerprint density at radius 3 is 2.24 bits per heavy atom. The minimum absolute atomic E-state index is 0.165. The van der Waals surface area contributed by atoms with Crippen molar-refractivity contribution in [1.82, 2.24) is 4.90 Å². The number of thiophene rings is 2. The second kappa shape index (κ2) is 5.62. The van der Waals surface area contributed by atoms with E-state index in [4.69, 9.17) is 9.47 Å². The maximum absolute atomic E-state index is 13.0. The summed E-state index contributed by atoms with van der Waals surface area (Å²) in [6.45, 7) is 0. The lowest BCUT2D eigenvalue weighted by Crippen LogP contribution is -2.49. The van der Waals surface area contributed by atoms with E-state index >= 15 is 0 Å². The van der Waals surface area contributed by atoms with Crippen LogP contribution in [-0.2, 0) is 19.9 Å². The number of carbonyl (C=O) groups is 1. The van der Waals surface area contributed by atoms with Gasteiger partial charge in [-0.05, 0) is 29.9 Å². The molecule has 2 aromatic rings. The van der Waals surface area contributed by atoms with Gasteiger partial charge >= 0.3 is 5.97 Å². The zero-order valence-electron chi connectivity index (χ0n) is 13.7. The van der Waals surface area contributed by atoms with Crippen LogP contribution in [0.5, 0.6) is 0 Å². The van der Waals surface area contributed by atoms with E-state index in [9.17, 15) is 9.90 Å². The first-order valence-electron chi connectivity index (χ1n) is 8.48. The molecule has 0 saturated carbocycles. The smallest absolute Gasteiger partial charge is 0.349 e. The molecule has 0 amide bonds. The maximum atomic E-state index is 13.0. The van der Waals surface area contributed by atoms with Crippen LogP contribution in [0.2, 0.25) is 0 Å². The first-order chi connectivity index (χ1) is 12.1. The van der Waals surface area contributed by atoms with Crippen LogP contribution in [0.1, 0.15) is 22.6 Å². The van der Waals surface area contributed by atoms with Crippen molar-refractivity contribution in [3.63, 3.8) is 0 Å². The Balaban J connectivity index is 1.39. The Morgan fingerprint density at radius 2 is 1.76 bits per heavy atom. The predicted octanol–water partition coefficient (Wildman–Crippen LogP) is 2.20. The highest BCUT2D eigenvalue weighted by Gasteiger charge is 2.63. The summed E-state index contributed by atoms with van der Waals surface area (Å²) in [5, 5.41) is 15.0. The monoisotopic (exact) mass is 377 g/mol. The Bertz CT molecular complexity index is 723. The van der Waals surface area contributed by atoms with Crippen molar-refractivity contribution in [1.29, 1.82) is 0 Å². The van der Waals surface area contributed by atoms with Crippen molar-refractivity contribution in [3.8, 4) is 0 Å². The normalized spacial score (nSPS) is 33.9. The zero-order valence-corrected chi connectivity index (χ0v) is 15.3. The fourth-order valence-corrected chi connectivity index (χ4v) is 6.04. The van der Waals surface area contributed by atoms with Gasteiger partial charge in [0.05, 0.1) is 9.75 Å². The molecule has 25 heavy (non-hydrogen) atoms. The molecule has 1 unspecified atom stereocenters. The fraction of sp³-hybridized carbons (Fsp3) is 0.500. The number of epoxide rings is 1. The Hall–Kier alpha value is -1.25. The fourth-order valence-electron chi connectivity index (χ4n) is 4.32. The lowest BCUT2D eigenvalue weighted by atomic mass is 9.97. The van der Waals surface area contributed by atoms with Gasteiger partial charge in [-0.2, -0.15) is 0 Å². The summed E-state index contributed by atoms with van der Waals surface area (Å²) in [6, 6.07) is 7.88. The van der Waals surface area contributed by atoms with E-state index in [2.05, 4.69) is 11.9 Å². The Labute approximate surface area is 153 Å². The van der Waals surface area contributed by atoms with Gasteiger partial charge in [-0.1, -0.05) is 12.1 Å². The molecule has 5 heterocycles. The Kier molecular flexibility index (Phi) is 3.59. The van der Waals surface area contributed by atoms with Crippen molar-refractivity contribution in [2.75, 3.05) is 7.05 Å². The first kappa shape index (κ1) is 16.0. The van der Waals surface area contributed by atoms with Crippen LogP contribution in [0.3, 0.4) is 0 Å². The van der Waals surface area contributed by atoms with Gasteiger partial charge < -0.3 is 14.6 Å². The molecule has 0 aliphatic carbocycles. The number of ether oxygens (including phenoxy) is 2. The molecule has 7 heteroatoms. The first-order valence-corrected chi connectivity index (χ1v) is 10.2. The zero-order chi connectivity index (χ0) is 17.2. The summed E-state index contributed by atoms with van der Waals surface area (Å²) in [5.41, 5.74) is -1.72. The van der Waals surface area contributed by atoms with E-state index in [0.29, 0.717) is 34.0 Å². The van der Waals surface area contributed by atoms with Crippen LogP contribution in [0.4, 0.5) is 0 Å². The molecule has 5 atom stereocenters. The maximum Gasteiger partial charge on any atom is 0.349 e. The summed E-state index contributed by atoms with van der Waals surface area (Å²) >= 11 is 2.73. The number of fused-ring (bicyclic) bond motifs is 5. The third kappa shape index (κ3) is 2.34. The van der Waals surface area contributed by atoms with E-state index in [1.165, 1.54) is 22.7 Å². The third-order valence-electron chi connectivity index (χ3n) is 5.70. The molecule has 3 aliphatic rings. The largest absolute Gasteiger partial charge is 0.460 e. The van der Waals surface area contributed by atoms with Gasteiger partial charge in [0.25, 0.3) is 0 Å². The topological polar surface area (TPSA) is 62.3 Å². The summed E-state index contributed by atoms with van der Waals surface area (Å²) < 4.78 is 11.5. The highest BCUT2D eigenvalue weighted by Crippen LogP contribution is 2.48. The number of rotatable bonds is 4. The third-order valence-corrected chi connectivity index (χ3v) is 7.66. The van der Waals surface area contributed by atoms with Gasteiger partial charge in [0, 0.05) is 24.9 Å². The molecule has 1 N–H and O–H groups in total. The molecule has 5 rings (SSSR count). The van der Waals surface area contributed by atoms with E-state index in [1.807, 2.05) is 22.9 Å². The van der Waals surface area contributed by atoms with Crippen molar-refractivity contribution < 1.29 is 19.4 Å². The number of carbonyl (C=O) groups excluding carboxylic acids is 1. The molecule has 2 bridgehead atoms. The van der Waals surface area contributed by atoms with Crippen molar-refractivity contribution in [2.24, 2.45) is 0 Å². The lowest BCUT2D eigenvalue weighted by molar-refractivity contribution is -0.171. The number of hydrogen-bond donors (Lipinski definition) is 1.